The van der Waals surface area contributed by atoms with Gasteiger partial charge in [-0.25, -0.2) is 0 Å². The highest BCUT2D eigenvalue weighted by molar-refractivity contribution is 9.10. The van der Waals surface area contributed by atoms with Crippen LogP contribution in [0.4, 0.5) is 5.69 Å². The lowest BCUT2D eigenvalue weighted by Crippen LogP contribution is -1.91. The van der Waals surface area contributed by atoms with Crippen molar-refractivity contribution in [3.05, 3.63) is 45.5 Å². The molecule has 90 valence electrons. The Morgan fingerprint density at radius 1 is 1.00 bits per heavy atom. The van der Waals surface area contributed by atoms with Gasteiger partial charge in [-0.3, -0.25) is 4.40 Å². The lowest BCUT2D eigenvalue weighted by molar-refractivity contribution is 1.11. The molecule has 0 fully saturated rings. The molecule has 0 radical (unpaired) electrons. The zero-order valence-corrected chi connectivity index (χ0v) is 12.3. The summed E-state index contributed by atoms with van der Waals surface area (Å²) >= 11 is 6.87. The summed E-state index contributed by atoms with van der Waals surface area (Å²) in [5.41, 5.74) is 8.25. The third-order valence-electron chi connectivity index (χ3n) is 2.54. The summed E-state index contributed by atoms with van der Waals surface area (Å²) < 4.78 is 3.81. The summed E-state index contributed by atoms with van der Waals surface area (Å²) in [5.74, 6) is 0.763. The molecule has 2 heterocycles. The predicted molar refractivity (Wildman–Crippen MR) is 78.2 cm³/mol. The fourth-order valence-electron chi connectivity index (χ4n) is 1.80. The average molecular weight is 368 g/mol. The Kier molecular flexibility index (Phi) is 2.83. The van der Waals surface area contributed by atoms with Gasteiger partial charge in [-0.1, -0.05) is 15.9 Å². The van der Waals surface area contributed by atoms with E-state index in [9.17, 15) is 0 Å². The Bertz CT molecular complexity index is 716. The van der Waals surface area contributed by atoms with Crippen molar-refractivity contribution < 1.29 is 0 Å². The number of benzene rings is 1. The smallest absolute Gasteiger partial charge is 0.168 e. The molecule has 0 atom stereocenters. The Morgan fingerprint density at radius 2 is 1.83 bits per heavy atom. The number of hydrogen-bond acceptors (Lipinski definition) is 3. The van der Waals surface area contributed by atoms with Crippen LogP contribution in [0.2, 0.25) is 0 Å². The molecule has 0 bridgehead atoms. The van der Waals surface area contributed by atoms with Crippen LogP contribution in [0.25, 0.3) is 17.0 Å². The van der Waals surface area contributed by atoms with Crippen molar-refractivity contribution in [2.75, 3.05) is 5.73 Å². The molecular weight excluding hydrogens is 360 g/mol. The van der Waals surface area contributed by atoms with Crippen molar-refractivity contribution in [2.24, 2.45) is 0 Å². The number of rotatable bonds is 1. The fourth-order valence-corrected chi connectivity index (χ4v) is 2.65. The van der Waals surface area contributed by atoms with Crippen molar-refractivity contribution in [1.29, 1.82) is 0 Å². The van der Waals surface area contributed by atoms with Gasteiger partial charge in [-0.15, -0.1) is 10.2 Å². The molecule has 0 aliphatic heterocycles. The number of nitrogen functional groups attached to an aromatic ring is 1. The van der Waals surface area contributed by atoms with Crippen molar-refractivity contribution in [3.8, 4) is 11.4 Å². The number of hydrogen-bond donors (Lipinski definition) is 1. The largest absolute Gasteiger partial charge is 0.399 e. The first kappa shape index (κ1) is 11.7. The van der Waals surface area contributed by atoms with Gasteiger partial charge in [0.05, 0.1) is 0 Å². The van der Waals surface area contributed by atoms with Gasteiger partial charge in [-0.2, -0.15) is 0 Å². The van der Waals surface area contributed by atoms with Crippen molar-refractivity contribution in [2.45, 2.75) is 0 Å². The van der Waals surface area contributed by atoms with E-state index < -0.39 is 0 Å². The Morgan fingerprint density at radius 3 is 2.61 bits per heavy atom. The fraction of sp³-hybridized carbons (Fsp3) is 0. The molecule has 0 aliphatic carbocycles. The van der Waals surface area contributed by atoms with Gasteiger partial charge in [0.25, 0.3) is 0 Å². The monoisotopic (exact) mass is 366 g/mol. The molecule has 0 saturated carbocycles. The van der Waals surface area contributed by atoms with Crippen LogP contribution in [-0.4, -0.2) is 14.6 Å². The highest BCUT2D eigenvalue weighted by Crippen LogP contribution is 2.26. The van der Waals surface area contributed by atoms with Crippen LogP contribution in [0.3, 0.4) is 0 Å². The maximum absolute atomic E-state index is 5.84. The van der Waals surface area contributed by atoms with Crippen LogP contribution in [0.15, 0.2) is 45.5 Å². The third-order valence-corrected chi connectivity index (χ3v) is 3.47. The molecule has 0 unspecified atom stereocenters. The van der Waals surface area contributed by atoms with E-state index in [-0.39, 0.29) is 0 Å². The molecule has 2 aromatic heterocycles. The number of anilines is 1. The lowest BCUT2D eigenvalue weighted by atomic mass is 10.2. The highest BCUT2D eigenvalue weighted by atomic mass is 79.9. The predicted octanol–water partition coefficient (Wildman–Crippen LogP) is 3.50. The van der Waals surface area contributed by atoms with E-state index in [0.29, 0.717) is 5.69 Å². The summed E-state index contributed by atoms with van der Waals surface area (Å²) in [6, 6.07) is 9.53. The first-order valence-corrected chi connectivity index (χ1v) is 6.79. The van der Waals surface area contributed by atoms with E-state index in [1.165, 1.54) is 0 Å². The molecule has 3 aromatic rings. The Balaban J connectivity index is 2.27. The molecule has 6 heteroatoms. The second kappa shape index (κ2) is 4.37. The molecule has 4 nitrogen and oxygen atoms in total. The summed E-state index contributed by atoms with van der Waals surface area (Å²) in [6.07, 6.45) is 1.93. The Labute approximate surface area is 120 Å². The molecule has 0 spiro atoms. The van der Waals surface area contributed by atoms with E-state index >= 15 is 0 Å². The summed E-state index contributed by atoms with van der Waals surface area (Å²) in [7, 11) is 0. The maximum Gasteiger partial charge on any atom is 0.168 e. The second-order valence-electron chi connectivity index (χ2n) is 3.87. The van der Waals surface area contributed by atoms with Gasteiger partial charge in [0, 0.05) is 26.4 Å². The maximum atomic E-state index is 5.84. The van der Waals surface area contributed by atoms with Gasteiger partial charge < -0.3 is 5.73 Å². The van der Waals surface area contributed by atoms with Crippen molar-refractivity contribution in [1.82, 2.24) is 14.6 Å². The molecule has 0 saturated heterocycles. The number of nitrogens with zero attached hydrogens (tertiary/aromatic N) is 3. The van der Waals surface area contributed by atoms with E-state index in [0.717, 1.165) is 26.0 Å². The van der Waals surface area contributed by atoms with E-state index in [1.54, 1.807) is 0 Å². The summed E-state index contributed by atoms with van der Waals surface area (Å²) in [4.78, 5) is 0. The summed E-state index contributed by atoms with van der Waals surface area (Å²) in [5, 5.41) is 8.34. The molecule has 0 aliphatic rings. The lowest BCUT2D eigenvalue weighted by Gasteiger charge is -2.03. The molecule has 18 heavy (non-hydrogen) atoms. The highest BCUT2D eigenvalue weighted by Gasteiger charge is 2.09. The minimum atomic E-state index is 0.686. The molecule has 0 amide bonds. The zero-order chi connectivity index (χ0) is 12.7. The van der Waals surface area contributed by atoms with E-state index in [2.05, 4.69) is 42.1 Å². The van der Waals surface area contributed by atoms with Crippen LogP contribution < -0.4 is 5.73 Å². The Hall–Kier alpha value is -1.40. The normalized spacial score (nSPS) is 11.0. The topological polar surface area (TPSA) is 56.2 Å². The molecular formula is C12H8Br2N4. The van der Waals surface area contributed by atoms with Crippen LogP contribution in [0.5, 0.6) is 0 Å². The van der Waals surface area contributed by atoms with Gasteiger partial charge >= 0.3 is 0 Å². The van der Waals surface area contributed by atoms with Crippen LogP contribution >= 0.6 is 31.9 Å². The minimum absolute atomic E-state index is 0.686. The van der Waals surface area contributed by atoms with Crippen LogP contribution in [0, 0.1) is 0 Å². The minimum Gasteiger partial charge on any atom is -0.399 e. The molecule has 1 aromatic carbocycles. The van der Waals surface area contributed by atoms with Gasteiger partial charge in [-0.05, 0) is 46.3 Å². The molecule has 2 N–H and O–H groups in total. The number of pyridine rings is 1. The van der Waals surface area contributed by atoms with Crippen molar-refractivity contribution >= 4 is 43.2 Å². The average Bonchev–Trinajstić information content (AvgIpc) is 2.70. The van der Waals surface area contributed by atoms with Gasteiger partial charge in [0.1, 0.15) is 0 Å². The van der Waals surface area contributed by atoms with Crippen LogP contribution in [0.1, 0.15) is 0 Å². The standard InChI is InChI=1S/C12H8Br2N4/c13-8-1-2-11-16-17-12(18(11)6-8)7-3-9(14)5-10(15)4-7/h1-6H,15H2. The third kappa shape index (κ3) is 2.02. The van der Waals surface area contributed by atoms with E-state index in [1.807, 2.05) is 40.9 Å². The van der Waals surface area contributed by atoms with Gasteiger partial charge in [0.2, 0.25) is 0 Å². The number of aromatic nitrogens is 3. The molecule has 3 rings (SSSR count). The van der Waals surface area contributed by atoms with Gasteiger partial charge in [0.15, 0.2) is 11.5 Å². The quantitative estimate of drug-likeness (QED) is 0.669. The van der Waals surface area contributed by atoms with E-state index in [4.69, 9.17) is 5.73 Å². The first-order valence-electron chi connectivity index (χ1n) is 5.20. The number of halogens is 2. The first-order chi connectivity index (χ1) is 8.63. The van der Waals surface area contributed by atoms with Crippen molar-refractivity contribution in [3.63, 3.8) is 0 Å². The zero-order valence-electron chi connectivity index (χ0n) is 9.14. The summed E-state index contributed by atoms with van der Waals surface area (Å²) in [6.45, 7) is 0. The van der Waals surface area contributed by atoms with Crippen LogP contribution in [-0.2, 0) is 0 Å². The second-order valence-corrected chi connectivity index (χ2v) is 5.70. The number of nitrogens with two attached hydrogens (primary N) is 1. The number of fused-ring (bicyclic) bond motifs is 1. The SMILES string of the molecule is Nc1cc(Br)cc(-c2nnc3ccc(Br)cn23)c1.